The van der Waals surface area contributed by atoms with Gasteiger partial charge in [-0.15, -0.1) is 0 Å². The van der Waals surface area contributed by atoms with Gasteiger partial charge in [0, 0.05) is 28.2 Å². The van der Waals surface area contributed by atoms with Gasteiger partial charge in [-0.2, -0.15) is 0 Å². The molecule has 2 aromatic carbocycles. The molecule has 7 nitrogen and oxygen atoms in total. The molecule has 0 atom stereocenters. The second-order valence-corrected chi connectivity index (χ2v) is 7.67. The average Bonchev–Trinajstić information content (AvgIpc) is 2.73. The van der Waals surface area contributed by atoms with Crippen LogP contribution in [0.5, 0.6) is 0 Å². The van der Waals surface area contributed by atoms with Crippen LogP contribution in [0, 0.1) is 12.7 Å². The van der Waals surface area contributed by atoms with E-state index in [2.05, 4.69) is 15.3 Å². The van der Waals surface area contributed by atoms with Gasteiger partial charge in [0.15, 0.2) is 0 Å². The Balaban J connectivity index is 1.75. The number of amides is 1. The zero-order chi connectivity index (χ0) is 23.0. The molecule has 0 aliphatic heterocycles. The van der Waals surface area contributed by atoms with E-state index in [1.54, 1.807) is 45.0 Å². The topological polar surface area (TPSA) is 101 Å². The highest BCUT2D eigenvalue weighted by Gasteiger charge is 2.17. The van der Waals surface area contributed by atoms with Crippen LogP contribution in [0.4, 0.5) is 10.1 Å². The Morgan fingerprint density at radius 1 is 1.09 bits per heavy atom. The van der Waals surface area contributed by atoms with Gasteiger partial charge in [-0.25, -0.2) is 9.18 Å². The number of H-pyrrole nitrogens is 1. The molecule has 1 amide bonds. The quantitative estimate of drug-likeness (QED) is 0.466. The second kappa shape index (κ2) is 8.22. The van der Waals surface area contributed by atoms with Crippen molar-refractivity contribution in [1.82, 2.24) is 9.97 Å². The van der Waals surface area contributed by atoms with E-state index in [1.165, 1.54) is 18.3 Å². The molecule has 4 rings (SSSR count). The Bertz CT molecular complexity index is 1440. The number of carbonyl (C=O) groups is 2. The number of rotatable bonds is 4. The number of halogens is 1. The number of esters is 1. The van der Waals surface area contributed by atoms with E-state index in [4.69, 9.17) is 4.74 Å². The zero-order valence-corrected chi connectivity index (χ0v) is 17.7. The minimum absolute atomic E-state index is 0.0761. The van der Waals surface area contributed by atoms with Crippen LogP contribution >= 0.6 is 0 Å². The molecular formula is C24H20FN3O4. The summed E-state index contributed by atoms with van der Waals surface area (Å²) in [5, 5.41) is 3.32. The van der Waals surface area contributed by atoms with Gasteiger partial charge in [-0.05, 0) is 63.2 Å². The summed E-state index contributed by atoms with van der Waals surface area (Å²) in [4.78, 5) is 45.3. The molecule has 2 aromatic heterocycles. The van der Waals surface area contributed by atoms with E-state index in [9.17, 15) is 18.8 Å². The largest absolute Gasteiger partial charge is 0.459 e. The summed E-state index contributed by atoms with van der Waals surface area (Å²) < 4.78 is 18.8. The number of hydrogen-bond donors (Lipinski definition) is 2. The van der Waals surface area contributed by atoms with Crippen molar-refractivity contribution in [3.8, 4) is 0 Å². The Hall–Kier alpha value is -4.07. The second-order valence-electron chi connectivity index (χ2n) is 7.67. The van der Waals surface area contributed by atoms with Crippen molar-refractivity contribution in [2.24, 2.45) is 0 Å². The molecule has 4 aromatic rings. The number of pyridine rings is 2. The van der Waals surface area contributed by atoms with Gasteiger partial charge >= 0.3 is 5.97 Å². The molecule has 8 heteroatoms. The van der Waals surface area contributed by atoms with E-state index in [0.29, 0.717) is 33.4 Å². The van der Waals surface area contributed by atoms with Crippen LogP contribution in [-0.2, 0) is 4.74 Å². The van der Waals surface area contributed by atoms with Gasteiger partial charge in [0.05, 0.1) is 22.9 Å². The van der Waals surface area contributed by atoms with Gasteiger partial charge in [0.2, 0.25) is 5.43 Å². The third-order valence-corrected chi connectivity index (χ3v) is 4.85. The summed E-state index contributed by atoms with van der Waals surface area (Å²) in [7, 11) is 0. The van der Waals surface area contributed by atoms with Crippen molar-refractivity contribution in [2.75, 3.05) is 5.32 Å². The van der Waals surface area contributed by atoms with Gasteiger partial charge in [-0.3, -0.25) is 14.6 Å². The molecule has 0 aliphatic carbocycles. The van der Waals surface area contributed by atoms with Gasteiger partial charge < -0.3 is 15.0 Å². The number of ether oxygens (including phenoxy) is 1. The first-order valence-corrected chi connectivity index (χ1v) is 9.97. The monoisotopic (exact) mass is 433 g/mol. The molecule has 0 radical (unpaired) electrons. The molecule has 0 fully saturated rings. The summed E-state index contributed by atoms with van der Waals surface area (Å²) in [6.07, 6.45) is 1.01. The van der Waals surface area contributed by atoms with Crippen LogP contribution in [0.1, 0.15) is 40.3 Å². The summed E-state index contributed by atoms with van der Waals surface area (Å²) >= 11 is 0. The minimum Gasteiger partial charge on any atom is -0.459 e. The number of aromatic nitrogens is 2. The standard InChI is InChI=1S/C24H20FN3O4/c1-12(2)32-24(31)14-4-6-20-16(9-14)21(8-13(3)27-20)28-23(30)18-11-26-19-7-5-15(25)10-17(19)22(18)29/h4-12H,1-3H3,(H,26,29)(H,27,28,30). The van der Waals surface area contributed by atoms with Crippen LogP contribution in [0.25, 0.3) is 21.8 Å². The van der Waals surface area contributed by atoms with Crippen LogP contribution in [0.15, 0.2) is 53.5 Å². The lowest BCUT2D eigenvalue weighted by Gasteiger charge is -2.12. The average molecular weight is 433 g/mol. The SMILES string of the molecule is Cc1cc(NC(=O)c2c[nH]c3ccc(F)cc3c2=O)c2cc(C(=O)OC(C)C)ccc2n1. The molecule has 162 valence electrons. The van der Waals surface area contributed by atoms with Crippen molar-refractivity contribution in [3.05, 3.63) is 81.5 Å². The van der Waals surface area contributed by atoms with Crippen LogP contribution in [-0.4, -0.2) is 27.9 Å². The summed E-state index contributed by atoms with van der Waals surface area (Å²) in [5.41, 5.74) is 1.57. The predicted molar refractivity (Wildman–Crippen MR) is 120 cm³/mol. The third kappa shape index (κ3) is 4.07. The lowest BCUT2D eigenvalue weighted by atomic mass is 10.1. The first kappa shape index (κ1) is 21.2. The smallest absolute Gasteiger partial charge is 0.338 e. The van der Waals surface area contributed by atoms with Gasteiger partial charge in [0.1, 0.15) is 11.4 Å². The van der Waals surface area contributed by atoms with E-state index in [1.807, 2.05) is 0 Å². The molecule has 2 N–H and O–H groups in total. The van der Waals surface area contributed by atoms with E-state index < -0.39 is 23.1 Å². The Kier molecular flexibility index (Phi) is 5.44. The fraction of sp³-hybridized carbons (Fsp3) is 0.167. The molecule has 0 aliphatic rings. The highest BCUT2D eigenvalue weighted by Crippen LogP contribution is 2.25. The maximum Gasteiger partial charge on any atom is 0.338 e. The van der Waals surface area contributed by atoms with E-state index in [0.717, 1.165) is 6.07 Å². The van der Waals surface area contributed by atoms with Crippen LogP contribution in [0.2, 0.25) is 0 Å². The fourth-order valence-corrected chi connectivity index (χ4v) is 3.42. The number of hydrogen-bond acceptors (Lipinski definition) is 5. The number of nitrogens with zero attached hydrogens (tertiary/aromatic N) is 1. The maximum absolute atomic E-state index is 13.6. The molecule has 0 saturated carbocycles. The van der Waals surface area contributed by atoms with Gasteiger partial charge in [0.25, 0.3) is 5.91 Å². The van der Waals surface area contributed by atoms with Crippen molar-refractivity contribution in [3.63, 3.8) is 0 Å². The first-order valence-electron chi connectivity index (χ1n) is 9.97. The number of fused-ring (bicyclic) bond motifs is 2. The van der Waals surface area contributed by atoms with Crippen molar-refractivity contribution in [1.29, 1.82) is 0 Å². The lowest BCUT2D eigenvalue weighted by Crippen LogP contribution is -2.22. The van der Waals surface area contributed by atoms with E-state index >= 15 is 0 Å². The van der Waals surface area contributed by atoms with Crippen molar-refractivity contribution >= 4 is 39.4 Å². The Morgan fingerprint density at radius 3 is 2.62 bits per heavy atom. The normalized spacial score (nSPS) is 11.2. The number of benzene rings is 2. The minimum atomic E-state index is -0.667. The Morgan fingerprint density at radius 2 is 1.88 bits per heavy atom. The van der Waals surface area contributed by atoms with Crippen LogP contribution in [0.3, 0.4) is 0 Å². The molecule has 32 heavy (non-hydrogen) atoms. The maximum atomic E-state index is 13.6. The molecule has 0 unspecified atom stereocenters. The molecular weight excluding hydrogens is 413 g/mol. The number of aryl methyl sites for hydroxylation is 1. The Labute approximate surface area is 182 Å². The van der Waals surface area contributed by atoms with Crippen LogP contribution < -0.4 is 10.7 Å². The third-order valence-electron chi connectivity index (χ3n) is 4.85. The number of carbonyl (C=O) groups excluding carboxylic acids is 2. The van der Waals surface area contributed by atoms with Gasteiger partial charge in [-0.1, -0.05) is 0 Å². The number of anilines is 1. The predicted octanol–water partition coefficient (Wildman–Crippen LogP) is 4.34. The first-order chi connectivity index (χ1) is 15.2. The zero-order valence-electron chi connectivity index (χ0n) is 17.7. The summed E-state index contributed by atoms with van der Waals surface area (Å²) in [6.45, 7) is 5.27. The lowest BCUT2D eigenvalue weighted by molar-refractivity contribution is 0.0378. The number of nitrogens with one attached hydrogen (secondary N) is 2. The summed E-state index contributed by atoms with van der Waals surface area (Å²) in [6, 6.07) is 10.3. The molecule has 0 saturated heterocycles. The number of aromatic amines is 1. The van der Waals surface area contributed by atoms with E-state index in [-0.39, 0.29) is 17.1 Å². The molecule has 2 heterocycles. The summed E-state index contributed by atoms with van der Waals surface area (Å²) in [5.74, 6) is -1.73. The molecule has 0 spiro atoms. The van der Waals surface area contributed by atoms with Crippen molar-refractivity contribution < 1.29 is 18.7 Å². The van der Waals surface area contributed by atoms with Crippen molar-refractivity contribution in [2.45, 2.75) is 26.9 Å². The highest BCUT2D eigenvalue weighted by atomic mass is 19.1. The highest BCUT2D eigenvalue weighted by molar-refractivity contribution is 6.10. The molecule has 0 bridgehead atoms. The fourth-order valence-electron chi connectivity index (χ4n) is 3.42.